The van der Waals surface area contributed by atoms with E-state index in [1.54, 1.807) is 24.4 Å². The maximum Gasteiger partial charge on any atom is 0.255 e. The van der Waals surface area contributed by atoms with Crippen LogP contribution >= 0.6 is 0 Å². The van der Waals surface area contributed by atoms with Crippen LogP contribution in [0.3, 0.4) is 0 Å². The number of benzene rings is 1. The third kappa shape index (κ3) is 3.22. The highest BCUT2D eigenvalue weighted by atomic mass is 16.5. The molecule has 1 aliphatic rings. The van der Waals surface area contributed by atoms with E-state index in [0.29, 0.717) is 23.2 Å². The number of aromatic amines is 1. The number of fused-ring (bicyclic) bond motifs is 1. The van der Waals surface area contributed by atoms with Crippen molar-refractivity contribution in [3.05, 3.63) is 34.7 Å². The Labute approximate surface area is 134 Å². The third-order valence-electron chi connectivity index (χ3n) is 4.44. The minimum Gasteiger partial charge on any atom is -0.495 e. The number of carbonyl (C=O) groups is 1. The number of ether oxygens (including phenoxy) is 1. The fraction of sp³-hybridized carbons (Fsp3) is 0.412. The minimum absolute atomic E-state index is 0.0392. The van der Waals surface area contributed by atoms with Crippen molar-refractivity contribution in [2.75, 3.05) is 12.4 Å². The van der Waals surface area contributed by atoms with Gasteiger partial charge in [-0.15, -0.1) is 0 Å². The normalized spacial score (nSPS) is 21.1. The quantitative estimate of drug-likeness (QED) is 0.807. The van der Waals surface area contributed by atoms with E-state index in [9.17, 15) is 9.59 Å². The number of H-pyrrole nitrogens is 1. The molecule has 1 aromatic carbocycles. The van der Waals surface area contributed by atoms with E-state index < -0.39 is 0 Å². The van der Waals surface area contributed by atoms with Crippen LogP contribution < -0.4 is 21.3 Å². The summed E-state index contributed by atoms with van der Waals surface area (Å²) in [4.78, 5) is 27.0. The molecule has 6 heteroatoms. The van der Waals surface area contributed by atoms with Crippen molar-refractivity contribution in [1.29, 1.82) is 0 Å². The molecule has 1 amide bonds. The molecule has 1 saturated carbocycles. The van der Waals surface area contributed by atoms with Crippen molar-refractivity contribution in [2.45, 2.75) is 31.7 Å². The molecule has 0 radical (unpaired) electrons. The van der Waals surface area contributed by atoms with Crippen LogP contribution in [0.15, 0.2) is 29.2 Å². The topological polar surface area (TPSA) is 97.2 Å². The maximum absolute atomic E-state index is 12.5. The molecule has 2 aromatic rings. The summed E-state index contributed by atoms with van der Waals surface area (Å²) in [7, 11) is 1.52. The smallest absolute Gasteiger partial charge is 0.255 e. The molecule has 1 fully saturated rings. The van der Waals surface area contributed by atoms with Gasteiger partial charge in [0.05, 0.1) is 18.2 Å². The average Bonchev–Trinajstić information content (AvgIpc) is 2.54. The number of methoxy groups -OCH3 is 1. The fourth-order valence-electron chi connectivity index (χ4n) is 3.18. The molecule has 6 nitrogen and oxygen atoms in total. The summed E-state index contributed by atoms with van der Waals surface area (Å²) in [5.74, 6) is 0.364. The zero-order chi connectivity index (χ0) is 16.4. The monoisotopic (exact) mass is 315 g/mol. The Balaban J connectivity index is 1.89. The number of hydrogen-bond donors (Lipinski definition) is 3. The van der Waals surface area contributed by atoms with E-state index in [2.05, 4.69) is 10.3 Å². The zero-order valence-corrected chi connectivity index (χ0v) is 13.1. The molecule has 0 bridgehead atoms. The van der Waals surface area contributed by atoms with Crippen molar-refractivity contribution >= 4 is 22.4 Å². The first kappa shape index (κ1) is 15.6. The Morgan fingerprint density at radius 1 is 1.39 bits per heavy atom. The summed E-state index contributed by atoms with van der Waals surface area (Å²) in [6, 6.07) is 5.31. The predicted octanol–water partition coefficient (Wildman–Crippen LogP) is 1.99. The van der Waals surface area contributed by atoms with Gasteiger partial charge in [0.15, 0.2) is 0 Å². The summed E-state index contributed by atoms with van der Waals surface area (Å²) in [5, 5.41) is 4.22. The molecule has 4 N–H and O–H groups in total. The van der Waals surface area contributed by atoms with E-state index in [0.717, 1.165) is 24.6 Å². The lowest BCUT2D eigenvalue weighted by Crippen LogP contribution is -2.34. The highest BCUT2D eigenvalue weighted by Crippen LogP contribution is 2.31. The van der Waals surface area contributed by atoms with Gasteiger partial charge in [-0.25, -0.2) is 0 Å². The van der Waals surface area contributed by atoms with Crippen molar-refractivity contribution in [2.24, 2.45) is 11.7 Å². The minimum atomic E-state index is -0.183. The number of rotatable bonds is 3. The molecule has 2 atom stereocenters. The van der Waals surface area contributed by atoms with Crippen LogP contribution in [-0.4, -0.2) is 24.0 Å². The third-order valence-corrected chi connectivity index (χ3v) is 4.44. The Bertz CT molecular complexity index is 784. The number of amides is 1. The first-order valence-corrected chi connectivity index (χ1v) is 7.84. The van der Waals surface area contributed by atoms with E-state index in [1.807, 2.05) is 0 Å². The molecule has 0 spiro atoms. The van der Waals surface area contributed by atoms with Gasteiger partial charge in [0.25, 0.3) is 5.56 Å². The van der Waals surface area contributed by atoms with Gasteiger partial charge < -0.3 is 20.8 Å². The molecule has 23 heavy (non-hydrogen) atoms. The van der Waals surface area contributed by atoms with Crippen LogP contribution in [0.4, 0.5) is 5.69 Å². The number of hydrogen-bond acceptors (Lipinski definition) is 4. The molecule has 1 aromatic heterocycles. The van der Waals surface area contributed by atoms with E-state index in [-0.39, 0.29) is 23.4 Å². The second-order valence-electron chi connectivity index (χ2n) is 6.06. The molecule has 1 heterocycles. The van der Waals surface area contributed by atoms with Gasteiger partial charge in [-0.1, -0.05) is 6.42 Å². The Morgan fingerprint density at radius 3 is 2.96 bits per heavy atom. The lowest BCUT2D eigenvalue weighted by molar-refractivity contribution is -0.120. The van der Waals surface area contributed by atoms with Crippen molar-refractivity contribution in [3.8, 4) is 5.75 Å². The van der Waals surface area contributed by atoms with Gasteiger partial charge in [0.1, 0.15) is 5.75 Å². The highest BCUT2D eigenvalue weighted by molar-refractivity contribution is 5.97. The Morgan fingerprint density at radius 2 is 2.22 bits per heavy atom. The first-order valence-electron chi connectivity index (χ1n) is 7.84. The Kier molecular flexibility index (Phi) is 4.34. The first-order chi connectivity index (χ1) is 11.1. The molecular formula is C17H21N3O3. The summed E-state index contributed by atoms with van der Waals surface area (Å²) in [6.45, 7) is 0. The number of nitrogens with two attached hydrogens (primary N) is 1. The summed E-state index contributed by atoms with van der Waals surface area (Å²) in [6.07, 6.45) is 5.11. The van der Waals surface area contributed by atoms with E-state index in [1.165, 1.54) is 7.11 Å². The van der Waals surface area contributed by atoms with Crippen LogP contribution in [-0.2, 0) is 4.79 Å². The number of carbonyl (C=O) groups excluding carboxylic acids is 1. The van der Waals surface area contributed by atoms with Gasteiger partial charge in [0.2, 0.25) is 5.91 Å². The maximum atomic E-state index is 12.5. The van der Waals surface area contributed by atoms with Crippen molar-refractivity contribution in [3.63, 3.8) is 0 Å². The lowest BCUT2D eigenvalue weighted by Gasteiger charge is -2.26. The second-order valence-corrected chi connectivity index (χ2v) is 6.06. The van der Waals surface area contributed by atoms with E-state index in [4.69, 9.17) is 10.5 Å². The molecular weight excluding hydrogens is 294 g/mol. The molecule has 0 aliphatic heterocycles. The lowest BCUT2D eigenvalue weighted by atomic mass is 9.85. The zero-order valence-electron chi connectivity index (χ0n) is 13.1. The summed E-state index contributed by atoms with van der Waals surface area (Å²) >= 11 is 0. The largest absolute Gasteiger partial charge is 0.495 e. The van der Waals surface area contributed by atoms with Crippen LogP contribution in [0.2, 0.25) is 0 Å². The fourth-order valence-corrected chi connectivity index (χ4v) is 3.18. The standard InChI is InChI=1S/C17H21N3O3/c1-23-15-9-13-10(5-6-19-17(13)22)8-14(15)20-16(21)11-3-2-4-12(18)7-11/h5-6,8-9,11-12H,2-4,7,18H2,1H3,(H,19,22)(H,20,21)/t11-,12+/m1/s1. The Hall–Kier alpha value is -2.34. The number of nitrogens with one attached hydrogen (secondary N) is 2. The molecule has 3 rings (SSSR count). The molecule has 122 valence electrons. The van der Waals surface area contributed by atoms with Crippen molar-refractivity contribution in [1.82, 2.24) is 4.98 Å². The summed E-state index contributed by atoms with van der Waals surface area (Å²) < 4.78 is 5.33. The second kappa shape index (κ2) is 6.42. The van der Waals surface area contributed by atoms with E-state index >= 15 is 0 Å². The number of aromatic nitrogens is 1. The molecule has 0 saturated heterocycles. The van der Waals surface area contributed by atoms with Crippen LogP contribution in [0, 0.1) is 5.92 Å². The van der Waals surface area contributed by atoms with Crippen LogP contribution in [0.5, 0.6) is 5.75 Å². The SMILES string of the molecule is COc1cc2c(=O)[nH]ccc2cc1NC(=O)[C@@H]1CCC[C@H](N)C1. The van der Waals surface area contributed by atoms with Crippen molar-refractivity contribution < 1.29 is 9.53 Å². The van der Waals surface area contributed by atoms with Gasteiger partial charge in [0, 0.05) is 18.2 Å². The van der Waals surface area contributed by atoms with Gasteiger partial charge >= 0.3 is 0 Å². The number of anilines is 1. The predicted molar refractivity (Wildman–Crippen MR) is 89.7 cm³/mol. The van der Waals surface area contributed by atoms with Crippen LogP contribution in [0.25, 0.3) is 10.8 Å². The van der Waals surface area contributed by atoms with Gasteiger partial charge in [-0.05, 0) is 42.8 Å². The molecule has 1 aliphatic carbocycles. The highest BCUT2D eigenvalue weighted by Gasteiger charge is 2.26. The average molecular weight is 315 g/mol. The number of pyridine rings is 1. The van der Waals surface area contributed by atoms with Gasteiger partial charge in [-0.2, -0.15) is 0 Å². The van der Waals surface area contributed by atoms with Gasteiger partial charge in [-0.3, -0.25) is 9.59 Å². The molecule has 0 unspecified atom stereocenters. The summed E-state index contributed by atoms with van der Waals surface area (Å²) in [5.41, 5.74) is 6.36. The van der Waals surface area contributed by atoms with Crippen LogP contribution in [0.1, 0.15) is 25.7 Å².